The van der Waals surface area contributed by atoms with E-state index in [1.807, 2.05) is 0 Å². The summed E-state index contributed by atoms with van der Waals surface area (Å²) in [5.74, 6) is -0.188. The second-order valence-corrected chi connectivity index (χ2v) is 4.99. The number of hydrogen-bond donors (Lipinski definition) is 1. The Hall–Kier alpha value is -0.640. The maximum Gasteiger partial charge on any atom is 0.126 e. The van der Waals surface area contributed by atoms with Gasteiger partial charge in [-0.25, -0.2) is 4.39 Å². The van der Waals surface area contributed by atoms with Gasteiger partial charge in [0.15, 0.2) is 0 Å². The van der Waals surface area contributed by atoms with Crippen molar-refractivity contribution < 1.29 is 9.50 Å². The van der Waals surface area contributed by atoms with E-state index in [4.69, 9.17) is 11.6 Å². The third kappa shape index (κ3) is 3.66. The number of benzene rings is 1. The van der Waals surface area contributed by atoms with Gasteiger partial charge in [0.1, 0.15) is 5.82 Å². The standard InChI is InChI=1S/C13H17ClFNO/c14-11-1-2-13(15)10(9-11)3-6-16-7-4-12(17)5-8-16/h1-2,9,12,17H,3-8H2. The molecule has 17 heavy (non-hydrogen) atoms. The lowest BCUT2D eigenvalue weighted by atomic mass is 10.1. The number of aliphatic hydroxyl groups excluding tert-OH is 1. The topological polar surface area (TPSA) is 23.5 Å². The van der Waals surface area contributed by atoms with E-state index in [2.05, 4.69) is 4.90 Å². The van der Waals surface area contributed by atoms with Crippen LogP contribution >= 0.6 is 11.6 Å². The first-order valence-corrected chi connectivity index (χ1v) is 6.37. The monoisotopic (exact) mass is 257 g/mol. The number of halogens is 2. The van der Waals surface area contributed by atoms with Crippen LogP contribution in [0.15, 0.2) is 18.2 Å². The molecule has 0 radical (unpaired) electrons. The van der Waals surface area contributed by atoms with E-state index in [9.17, 15) is 9.50 Å². The zero-order chi connectivity index (χ0) is 12.3. The lowest BCUT2D eigenvalue weighted by Gasteiger charge is -2.29. The van der Waals surface area contributed by atoms with Gasteiger partial charge in [0.2, 0.25) is 0 Å². The van der Waals surface area contributed by atoms with Crippen LogP contribution in [0.5, 0.6) is 0 Å². The van der Waals surface area contributed by atoms with E-state index in [1.165, 1.54) is 6.07 Å². The predicted octanol–water partition coefficient (Wildman–Crippen LogP) is 2.48. The van der Waals surface area contributed by atoms with E-state index in [1.54, 1.807) is 12.1 Å². The molecule has 2 rings (SSSR count). The zero-order valence-electron chi connectivity index (χ0n) is 9.70. The molecule has 0 aliphatic carbocycles. The van der Waals surface area contributed by atoms with Gasteiger partial charge in [-0.05, 0) is 43.0 Å². The molecule has 0 unspecified atom stereocenters. The fourth-order valence-electron chi connectivity index (χ4n) is 2.16. The quantitative estimate of drug-likeness (QED) is 0.899. The first-order chi connectivity index (χ1) is 8.15. The van der Waals surface area contributed by atoms with Crippen molar-refractivity contribution in [2.45, 2.75) is 25.4 Å². The van der Waals surface area contributed by atoms with Crippen molar-refractivity contribution in [3.05, 3.63) is 34.6 Å². The molecular formula is C13H17ClFNO. The number of hydrogen-bond acceptors (Lipinski definition) is 2. The normalized spacial score (nSPS) is 18.5. The minimum atomic E-state index is -0.188. The van der Waals surface area contributed by atoms with Crippen molar-refractivity contribution in [3.63, 3.8) is 0 Å². The molecule has 1 aliphatic heterocycles. The molecule has 1 fully saturated rings. The minimum absolute atomic E-state index is 0.158. The van der Waals surface area contributed by atoms with E-state index < -0.39 is 0 Å². The summed E-state index contributed by atoms with van der Waals surface area (Å²) in [5.41, 5.74) is 0.670. The molecule has 0 atom stereocenters. The molecule has 1 heterocycles. The molecule has 0 bridgehead atoms. The fourth-order valence-corrected chi connectivity index (χ4v) is 2.35. The van der Waals surface area contributed by atoms with Crippen LogP contribution in [0.3, 0.4) is 0 Å². The van der Waals surface area contributed by atoms with Crippen LogP contribution in [-0.2, 0) is 6.42 Å². The SMILES string of the molecule is OC1CCN(CCc2cc(Cl)ccc2F)CC1. The first-order valence-electron chi connectivity index (χ1n) is 5.99. The van der Waals surface area contributed by atoms with Gasteiger partial charge in [-0.15, -0.1) is 0 Å². The Bertz CT molecular complexity index is 378. The molecule has 1 aliphatic rings. The van der Waals surface area contributed by atoms with Gasteiger partial charge in [0.05, 0.1) is 6.10 Å². The maximum atomic E-state index is 13.5. The van der Waals surface area contributed by atoms with Gasteiger partial charge in [0, 0.05) is 24.7 Å². The zero-order valence-corrected chi connectivity index (χ0v) is 10.5. The number of aliphatic hydroxyl groups is 1. The minimum Gasteiger partial charge on any atom is -0.393 e. The smallest absolute Gasteiger partial charge is 0.126 e. The second kappa shape index (κ2) is 5.80. The van der Waals surface area contributed by atoms with Gasteiger partial charge in [-0.1, -0.05) is 11.6 Å². The Labute approximate surface area is 106 Å². The second-order valence-electron chi connectivity index (χ2n) is 4.56. The first kappa shape index (κ1) is 12.8. The number of nitrogens with zero attached hydrogens (tertiary/aromatic N) is 1. The molecule has 1 N–H and O–H groups in total. The summed E-state index contributed by atoms with van der Waals surface area (Å²) in [6, 6.07) is 4.67. The molecule has 1 aromatic rings. The summed E-state index contributed by atoms with van der Waals surface area (Å²) in [5, 5.41) is 9.97. The van der Waals surface area contributed by atoms with E-state index in [0.717, 1.165) is 32.5 Å². The largest absolute Gasteiger partial charge is 0.393 e. The Morgan fingerprint density at radius 1 is 1.35 bits per heavy atom. The highest BCUT2D eigenvalue weighted by atomic mass is 35.5. The lowest BCUT2D eigenvalue weighted by Crippen LogP contribution is -2.37. The number of likely N-dealkylation sites (tertiary alicyclic amines) is 1. The van der Waals surface area contributed by atoms with Crippen molar-refractivity contribution >= 4 is 11.6 Å². The molecular weight excluding hydrogens is 241 g/mol. The summed E-state index contributed by atoms with van der Waals surface area (Å²) in [6.07, 6.45) is 2.15. The van der Waals surface area contributed by atoms with E-state index in [-0.39, 0.29) is 11.9 Å². The Balaban J connectivity index is 1.87. The van der Waals surface area contributed by atoms with E-state index in [0.29, 0.717) is 17.0 Å². The summed E-state index contributed by atoms with van der Waals surface area (Å²) in [4.78, 5) is 2.26. The molecule has 0 saturated carbocycles. The van der Waals surface area contributed by atoms with Crippen LogP contribution in [0, 0.1) is 5.82 Å². The third-order valence-electron chi connectivity index (χ3n) is 3.26. The predicted molar refractivity (Wildman–Crippen MR) is 66.8 cm³/mol. The molecule has 1 aromatic carbocycles. The summed E-state index contributed by atoms with van der Waals surface area (Å²) in [6.45, 7) is 2.61. The van der Waals surface area contributed by atoms with Gasteiger partial charge in [-0.3, -0.25) is 0 Å². The third-order valence-corrected chi connectivity index (χ3v) is 3.50. The summed E-state index contributed by atoms with van der Waals surface area (Å²) >= 11 is 5.84. The number of rotatable bonds is 3. The van der Waals surface area contributed by atoms with Crippen molar-refractivity contribution in [2.75, 3.05) is 19.6 Å². The molecule has 2 nitrogen and oxygen atoms in total. The average molecular weight is 258 g/mol. The van der Waals surface area contributed by atoms with Gasteiger partial charge < -0.3 is 10.0 Å². The van der Waals surface area contributed by atoms with Crippen molar-refractivity contribution in [1.29, 1.82) is 0 Å². The summed E-state index contributed by atoms with van der Waals surface area (Å²) in [7, 11) is 0. The lowest BCUT2D eigenvalue weighted by molar-refractivity contribution is 0.0831. The van der Waals surface area contributed by atoms with Crippen molar-refractivity contribution in [2.24, 2.45) is 0 Å². The van der Waals surface area contributed by atoms with Crippen molar-refractivity contribution in [1.82, 2.24) is 4.90 Å². The van der Waals surface area contributed by atoms with Gasteiger partial charge >= 0.3 is 0 Å². The number of piperidine rings is 1. The highest BCUT2D eigenvalue weighted by Crippen LogP contribution is 2.17. The van der Waals surface area contributed by atoms with Crippen LogP contribution < -0.4 is 0 Å². The Kier molecular flexibility index (Phi) is 4.37. The molecule has 0 spiro atoms. The van der Waals surface area contributed by atoms with Gasteiger partial charge in [-0.2, -0.15) is 0 Å². The highest BCUT2D eigenvalue weighted by molar-refractivity contribution is 6.30. The van der Waals surface area contributed by atoms with Crippen molar-refractivity contribution in [3.8, 4) is 0 Å². The van der Waals surface area contributed by atoms with Crippen LogP contribution in [0.1, 0.15) is 18.4 Å². The van der Waals surface area contributed by atoms with Crippen LogP contribution in [-0.4, -0.2) is 35.7 Å². The van der Waals surface area contributed by atoms with Gasteiger partial charge in [0.25, 0.3) is 0 Å². The van der Waals surface area contributed by atoms with E-state index >= 15 is 0 Å². The van der Waals surface area contributed by atoms with Crippen LogP contribution in [0.25, 0.3) is 0 Å². The Morgan fingerprint density at radius 3 is 2.76 bits per heavy atom. The van der Waals surface area contributed by atoms with Crippen LogP contribution in [0.2, 0.25) is 5.02 Å². The molecule has 4 heteroatoms. The van der Waals surface area contributed by atoms with Crippen LogP contribution in [0.4, 0.5) is 4.39 Å². The average Bonchev–Trinajstić information content (AvgIpc) is 2.32. The maximum absolute atomic E-state index is 13.5. The highest BCUT2D eigenvalue weighted by Gasteiger charge is 2.16. The molecule has 0 amide bonds. The molecule has 1 saturated heterocycles. The molecule has 0 aromatic heterocycles. The summed E-state index contributed by atoms with van der Waals surface area (Å²) < 4.78 is 13.5. The molecule has 94 valence electrons. The fraction of sp³-hybridized carbons (Fsp3) is 0.538. The Morgan fingerprint density at radius 2 is 2.06 bits per heavy atom.